The Hall–Kier alpha value is -1.69. The van der Waals surface area contributed by atoms with Gasteiger partial charge in [0.1, 0.15) is 0 Å². The second-order valence-electron chi connectivity index (χ2n) is 5.13. The zero-order chi connectivity index (χ0) is 12.3. The van der Waals surface area contributed by atoms with Crippen molar-refractivity contribution in [3.05, 3.63) is 24.3 Å². The summed E-state index contributed by atoms with van der Waals surface area (Å²) in [5.41, 5.74) is 2.60. The maximum absolute atomic E-state index is 8.75. The van der Waals surface area contributed by atoms with Crippen molar-refractivity contribution in [2.45, 2.75) is 19.3 Å². The van der Waals surface area contributed by atoms with Gasteiger partial charge in [-0.05, 0) is 37.1 Å². The summed E-state index contributed by atoms with van der Waals surface area (Å²) in [4.78, 5) is 2.09. The van der Waals surface area contributed by atoms with Gasteiger partial charge >= 0.3 is 0 Å². The molecule has 3 nitrogen and oxygen atoms in total. The number of benzene rings is 1. The van der Waals surface area contributed by atoms with Crippen LogP contribution in [-0.4, -0.2) is 20.6 Å². The molecule has 0 heterocycles. The van der Waals surface area contributed by atoms with E-state index in [2.05, 4.69) is 40.6 Å². The van der Waals surface area contributed by atoms with Gasteiger partial charge in [0, 0.05) is 43.9 Å². The van der Waals surface area contributed by atoms with E-state index in [-0.39, 0.29) is 5.41 Å². The lowest BCUT2D eigenvalue weighted by atomic mass is 10.0. The van der Waals surface area contributed by atoms with E-state index in [1.54, 1.807) is 0 Å². The van der Waals surface area contributed by atoms with Crippen LogP contribution in [0.3, 0.4) is 0 Å². The lowest BCUT2D eigenvalue weighted by molar-refractivity contribution is 0.557. The molecule has 1 aromatic rings. The van der Waals surface area contributed by atoms with Crippen LogP contribution in [0, 0.1) is 16.7 Å². The van der Waals surface area contributed by atoms with Crippen LogP contribution in [0.15, 0.2) is 24.3 Å². The molecular formula is C14H19N3. The minimum atomic E-state index is 0.259. The Bertz CT molecular complexity index is 410. The molecule has 0 amide bonds. The zero-order valence-corrected chi connectivity index (χ0v) is 10.5. The van der Waals surface area contributed by atoms with Gasteiger partial charge in [0.15, 0.2) is 0 Å². The Morgan fingerprint density at radius 3 is 2.41 bits per heavy atom. The van der Waals surface area contributed by atoms with Crippen molar-refractivity contribution < 1.29 is 0 Å². The fourth-order valence-electron chi connectivity index (χ4n) is 1.93. The molecule has 0 spiro atoms. The average molecular weight is 229 g/mol. The van der Waals surface area contributed by atoms with E-state index in [1.807, 2.05) is 14.1 Å². The Kier molecular flexibility index (Phi) is 3.23. The maximum Gasteiger partial charge on any atom is 0.0628 e. The third kappa shape index (κ3) is 2.91. The van der Waals surface area contributed by atoms with Crippen LogP contribution in [0.4, 0.5) is 11.4 Å². The van der Waals surface area contributed by atoms with Crippen LogP contribution >= 0.6 is 0 Å². The predicted molar refractivity (Wildman–Crippen MR) is 71.2 cm³/mol. The van der Waals surface area contributed by atoms with Gasteiger partial charge < -0.3 is 10.2 Å². The zero-order valence-electron chi connectivity index (χ0n) is 10.5. The molecule has 0 saturated heterocycles. The van der Waals surface area contributed by atoms with Gasteiger partial charge in [-0.15, -0.1) is 0 Å². The largest absolute Gasteiger partial charge is 0.384 e. The van der Waals surface area contributed by atoms with Crippen molar-refractivity contribution in [1.82, 2.24) is 0 Å². The number of nitrogens with one attached hydrogen (secondary N) is 1. The van der Waals surface area contributed by atoms with Crippen LogP contribution in [0.5, 0.6) is 0 Å². The summed E-state index contributed by atoms with van der Waals surface area (Å²) in [5.74, 6) is 0. The van der Waals surface area contributed by atoms with Gasteiger partial charge in [0.05, 0.1) is 6.07 Å². The van der Waals surface area contributed by atoms with Crippen LogP contribution in [0.25, 0.3) is 0 Å². The SMILES string of the molecule is CN(C)c1ccc(NCC2(CC#N)CC2)cc1. The molecule has 0 aliphatic heterocycles. The molecule has 17 heavy (non-hydrogen) atoms. The van der Waals surface area contributed by atoms with Gasteiger partial charge in [-0.2, -0.15) is 5.26 Å². The van der Waals surface area contributed by atoms with E-state index >= 15 is 0 Å². The molecule has 90 valence electrons. The fraction of sp³-hybridized carbons (Fsp3) is 0.500. The van der Waals surface area contributed by atoms with Crippen LogP contribution in [-0.2, 0) is 0 Å². The van der Waals surface area contributed by atoms with Crippen molar-refractivity contribution in [3.63, 3.8) is 0 Å². The maximum atomic E-state index is 8.75. The molecule has 0 bridgehead atoms. The molecule has 1 aliphatic carbocycles. The molecular weight excluding hydrogens is 210 g/mol. The molecule has 3 heteroatoms. The first-order chi connectivity index (χ1) is 8.15. The molecule has 0 atom stereocenters. The van der Waals surface area contributed by atoms with Crippen molar-refractivity contribution >= 4 is 11.4 Å². The summed E-state index contributed by atoms with van der Waals surface area (Å²) in [6.45, 7) is 0.919. The normalized spacial score (nSPS) is 16.1. The van der Waals surface area contributed by atoms with Gasteiger partial charge in [0.25, 0.3) is 0 Å². The van der Waals surface area contributed by atoms with Crippen molar-refractivity contribution in [2.24, 2.45) is 5.41 Å². The van der Waals surface area contributed by atoms with E-state index in [0.29, 0.717) is 6.42 Å². The molecule has 1 aliphatic rings. The summed E-state index contributed by atoms with van der Waals surface area (Å²) in [5, 5.41) is 12.2. The van der Waals surface area contributed by atoms with Gasteiger partial charge in [-0.1, -0.05) is 0 Å². The highest BCUT2D eigenvalue weighted by Crippen LogP contribution is 2.48. The van der Waals surface area contributed by atoms with Crippen LogP contribution in [0.2, 0.25) is 0 Å². The molecule has 0 unspecified atom stereocenters. The van der Waals surface area contributed by atoms with Crippen LogP contribution in [0.1, 0.15) is 19.3 Å². The summed E-state index contributed by atoms with van der Waals surface area (Å²) in [6.07, 6.45) is 3.04. The number of anilines is 2. The number of nitrogens with zero attached hydrogens (tertiary/aromatic N) is 2. The average Bonchev–Trinajstić information content (AvgIpc) is 3.08. The summed E-state index contributed by atoms with van der Waals surface area (Å²) >= 11 is 0. The van der Waals surface area contributed by atoms with Gasteiger partial charge in [-0.3, -0.25) is 0 Å². The number of hydrogen-bond acceptors (Lipinski definition) is 3. The highest BCUT2D eigenvalue weighted by Gasteiger charge is 2.42. The molecule has 1 N–H and O–H groups in total. The van der Waals surface area contributed by atoms with Gasteiger partial charge in [-0.25, -0.2) is 0 Å². The van der Waals surface area contributed by atoms with E-state index < -0.39 is 0 Å². The highest BCUT2D eigenvalue weighted by molar-refractivity contribution is 5.54. The first kappa shape index (κ1) is 11.8. The fourth-order valence-corrected chi connectivity index (χ4v) is 1.93. The van der Waals surface area contributed by atoms with Crippen molar-refractivity contribution in [1.29, 1.82) is 5.26 Å². The monoisotopic (exact) mass is 229 g/mol. The predicted octanol–water partition coefficient (Wildman–Crippen LogP) is 2.86. The Morgan fingerprint density at radius 2 is 1.94 bits per heavy atom. The second kappa shape index (κ2) is 4.67. The quantitative estimate of drug-likeness (QED) is 0.843. The molecule has 0 radical (unpaired) electrons. The number of rotatable bonds is 5. The topological polar surface area (TPSA) is 39.1 Å². The molecule has 0 aromatic heterocycles. The smallest absolute Gasteiger partial charge is 0.0628 e. The van der Waals surface area contributed by atoms with Gasteiger partial charge in [0.2, 0.25) is 0 Å². The van der Waals surface area contributed by atoms with E-state index in [4.69, 9.17) is 5.26 Å². The van der Waals surface area contributed by atoms with E-state index in [1.165, 1.54) is 18.5 Å². The molecule has 1 saturated carbocycles. The van der Waals surface area contributed by atoms with Crippen molar-refractivity contribution in [2.75, 3.05) is 30.9 Å². The second-order valence-corrected chi connectivity index (χ2v) is 5.13. The Morgan fingerprint density at radius 1 is 1.29 bits per heavy atom. The number of hydrogen-bond donors (Lipinski definition) is 1. The Balaban J connectivity index is 1.90. The minimum Gasteiger partial charge on any atom is -0.384 e. The standard InChI is InChI=1S/C14H19N3/c1-17(2)13-5-3-12(4-6-13)16-11-14(7-8-14)9-10-15/h3-6,16H,7-9,11H2,1-2H3. The third-order valence-electron chi connectivity index (χ3n) is 3.46. The lowest BCUT2D eigenvalue weighted by Gasteiger charge is -2.15. The molecule has 1 fully saturated rings. The third-order valence-corrected chi connectivity index (χ3v) is 3.46. The Labute approximate surface area is 103 Å². The van der Waals surface area contributed by atoms with Crippen LogP contribution < -0.4 is 10.2 Å². The summed E-state index contributed by atoms with van der Waals surface area (Å²) < 4.78 is 0. The van der Waals surface area contributed by atoms with E-state index in [9.17, 15) is 0 Å². The first-order valence-electron chi connectivity index (χ1n) is 6.03. The van der Waals surface area contributed by atoms with Crippen molar-refractivity contribution in [3.8, 4) is 6.07 Å². The lowest BCUT2D eigenvalue weighted by Crippen LogP contribution is -2.15. The molecule has 2 rings (SSSR count). The minimum absolute atomic E-state index is 0.259. The van der Waals surface area contributed by atoms with E-state index in [0.717, 1.165) is 12.2 Å². The highest BCUT2D eigenvalue weighted by atomic mass is 15.1. The summed E-state index contributed by atoms with van der Waals surface area (Å²) in [6, 6.07) is 10.7. The first-order valence-corrected chi connectivity index (χ1v) is 6.03. The summed E-state index contributed by atoms with van der Waals surface area (Å²) in [7, 11) is 4.07. The number of nitriles is 1. The molecule has 1 aromatic carbocycles.